The second-order valence-electron chi connectivity index (χ2n) is 7.20. The van der Waals surface area contributed by atoms with Crippen LogP contribution in [0.3, 0.4) is 0 Å². The molecule has 7 heteroatoms. The molecule has 0 unspecified atom stereocenters. The molecule has 5 aromatic rings. The van der Waals surface area contributed by atoms with Gasteiger partial charge in [0.1, 0.15) is 11.6 Å². The molecule has 150 valence electrons. The summed E-state index contributed by atoms with van der Waals surface area (Å²) in [6.07, 6.45) is 6.33. The highest BCUT2D eigenvalue weighted by Gasteiger charge is 2.06. The molecule has 0 aliphatic heterocycles. The van der Waals surface area contributed by atoms with Crippen LogP contribution in [0.4, 0.5) is 16.2 Å². The lowest BCUT2D eigenvalue weighted by atomic mass is 10.1. The van der Waals surface area contributed by atoms with Crippen molar-refractivity contribution in [3.8, 4) is 0 Å². The minimum Gasteiger partial charge on any atom is -0.366 e. The van der Waals surface area contributed by atoms with Crippen molar-refractivity contribution in [2.45, 2.75) is 13.0 Å². The van der Waals surface area contributed by atoms with Gasteiger partial charge in [-0.3, -0.25) is 0 Å². The Morgan fingerprint density at radius 2 is 1.87 bits per heavy atom. The van der Waals surface area contributed by atoms with E-state index in [0.29, 0.717) is 19.0 Å². The van der Waals surface area contributed by atoms with Crippen molar-refractivity contribution >= 4 is 33.6 Å². The average molecular weight is 400 g/mol. The zero-order valence-corrected chi connectivity index (χ0v) is 16.2. The normalized spacial score (nSPS) is 11.2. The van der Waals surface area contributed by atoms with E-state index in [1.807, 2.05) is 18.5 Å². The average Bonchev–Trinajstić information content (AvgIpc) is 3.39. The minimum absolute atomic E-state index is 0.228. The highest BCUT2D eigenvalue weighted by atomic mass is 19.1. The number of H-pyrrole nitrogens is 2. The van der Waals surface area contributed by atoms with Crippen LogP contribution in [0.1, 0.15) is 11.1 Å². The van der Waals surface area contributed by atoms with Crippen molar-refractivity contribution in [1.29, 1.82) is 0 Å². The number of hydrogen-bond acceptors (Lipinski definition) is 4. The third-order valence-electron chi connectivity index (χ3n) is 5.15. The van der Waals surface area contributed by atoms with Gasteiger partial charge in [-0.2, -0.15) is 4.98 Å². The number of rotatable bonds is 7. The molecule has 0 saturated heterocycles. The molecule has 0 aliphatic rings. The predicted octanol–water partition coefficient (Wildman–Crippen LogP) is 4.85. The molecule has 0 aliphatic carbocycles. The van der Waals surface area contributed by atoms with Crippen LogP contribution >= 0.6 is 0 Å². The maximum atomic E-state index is 13.5. The van der Waals surface area contributed by atoms with Gasteiger partial charge in [-0.25, -0.2) is 9.37 Å². The van der Waals surface area contributed by atoms with Gasteiger partial charge in [-0.1, -0.05) is 6.07 Å². The number of fused-ring (bicyclic) bond motifs is 2. The molecule has 0 amide bonds. The van der Waals surface area contributed by atoms with Crippen LogP contribution in [0.15, 0.2) is 67.1 Å². The number of hydrogen-bond donors (Lipinski definition) is 4. The Hall–Kier alpha value is -3.87. The third-order valence-corrected chi connectivity index (χ3v) is 5.15. The number of benzene rings is 2. The van der Waals surface area contributed by atoms with Gasteiger partial charge in [0.05, 0.1) is 0 Å². The summed E-state index contributed by atoms with van der Waals surface area (Å²) in [4.78, 5) is 15.2. The second-order valence-corrected chi connectivity index (χ2v) is 7.20. The first-order valence-corrected chi connectivity index (χ1v) is 9.87. The van der Waals surface area contributed by atoms with Gasteiger partial charge in [0.2, 0.25) is 5.95 Å². The molecule has 6 nitrogen and oxygen atoms in total. The summed E-state index contributed by atoms with van der Waals surface area (Å²) >= 11 is 0. The standard InChI is InChI=1S/C23H21FN6/c24-18-2-4-21-19(12-18)17(14-28-21)6-9-26-23-27-10-7-22(30-23)29-13-15-1-3-20-16(11-15)5-8-25-20/h1-5,7-8,10-12,14,25,28H,6,9,13H2,(H2,26,27,29,30). The number of halogens is 1. The Balaban J connectivity index is 1.19. The Morgan fingerprint density at radius 3 is 2.83 bits per heavy atom. The van der Waals surface area contributed by atoms with Gasteiger partial charge in [-0.05, 0) is 65.4 Å². The Bertz CT molecular complexity index is 1310. The van der Waals surface area contributed by atoms with E-state index in [2.05, 4.69) is 54.8 Å². The van der Waals surface area contributed by atoms with E-state index in [1.54, 1.807) is 18.3 Å². The highest BCUT2D eigenvalue weighted by molar-refractivity contribution is 5.83. The van der Waals surface area contributed by atoms with E-state index >= 15 is 0 Å². The largest absolute Gasteiger partial charge is 0.366 e. The number of aromatic nitrogens is 4. The first-order chi connectivity index (χ1) is 14.7. The monoisotopic (exact) mass is 400 g/mol. The molecule has 3 heterocycles. The Kier molecular flexibility index (Phi) is 4.77. The van der Waals surface area contributed by atoms with Gasteiger partial charge in [0.25, 0.3) is 0 Å². The van der Waals surface area contributed by atoms with Gasteiger partial charge in [0, 0.05) is 48.1 Å². The van der Waals surface area contributed by atoms with Crippen molar-refractivity contribution in [3.63, 3.8) is 0 Å². The summed E-state index contributed by atoms with van der Waals surface area (Å²) in [6, 6.07) is 15.0. The van der Waals surface area contributed by atoms with Crippen LogP contribution in [-0.2, 0) is 13.0 Å². The van der Waals surface area contributed by atoms with E-state index in [9.17, 15) is 4.39 Å². The topological polar surface area (TPSA) is 81.4 Å². The molecule has 0 bridgehead atoms. The van der Waals surface area contributed by atoms with Gasteiger partial charge in [0.15, 0.2) is 0 Å². The van der Waals surface area contributed by atoms with Gasteiger partial charge < -0.3 is 20.6 Å². The maximum Gasteiger partial charge on any atom is 0.224 e. The SMILES string of the molecule is Fc1ccc2[nH]cc(CCNc3nccc(NCc4ccc5[nH]ccc5c4)n3)c2c1. The van der Waals surface area contributed by atoms with Crippen LogP contribution in [0.5, 0.6) is 0 Å². The van der Waals surface area contributed by atoms with Crippen LogP contribution in [0, 0.1) is 5.82 Å². The number of aromatic amines is 2. The van der Waals surface area contributed by atoms with Gasteiger partial charge in [-0.15, -0.1) is 0 Å². The molecule has 0 fully saturated rings. The lowest BCUT2D eigenvalue weighted by molar-refractivity contribution is 0.629. The molecule has 0 saturated carbocycles. The quantitative estimate of drug-likeness (QED) is 0.315. The summed E-state index contributed by atoms with van der Waals surface area (Å²) in [6.45, 7) is 1.33. The first kappa shape index (κ1) is 18.2. The third kappa shape index (κ3) is 3.82. The maximum absolute atomic E-state index is 13.5. The highest BCUT2D eigenvalue weighted by Crippen LogP contribution is 2.20. The summed E-state index contributed by atoms with van der Waals surface area (Å²) in [7, 11) is 0. The Labute approximate surface area is 172 Å². The first-order valence-electron chi connectivity index (χ1n) is 9.87. The molecule has 2 aromatic carbocycles. The number of nitrogens with one attached hydrogen (secondary N) is 4. The fourth-order valence-electron chi connectivity index (χ4n) is 3.61. The Morgan fingerprint density at radius 1 is 0.933 bits per heavy atom. The summed E-state index contributed by atoms with van der Waals surface area (Å²) in [5.74, 6) is 1.09. The molecular weight excluding hydrogens is 379 g/mol. The molecule has 5 rings (SSSR count). The van der Waals surface area contributed by atoms with Crippen molar-refractivity contribution in [3.05, 3.63) is 84.1 Å². The smallest absolute Gasteiger partial charge is 0.224 e. The van der Waals surface area contributed by atoms with E-state index in [0.717, 1.165) is 34.2 Å². The fraction of sp³-hybridized carbons (Fsp3) is 0.130. The molecule has 3 aromatic heterocycles. The van der Waals surface area contributed by atoms with Crippen molar-refractivity contribution in [1.82, 2.24) is 19.9 Å². The van der Waals surface area contributed by atoms with Crippen molar-refractivity contribution in [2.75, 3.05) is 17.2 Å². The lowest BCUT2D eigenvalue weighted by Gasteiger charge is -2.09. The van der Waals surface area contributed by atoms with E-state index in [-0.39, 0.29) is 5.82 Å². The summed E-state index contributed by atoms with van der Waals surface area (Å²) in [5.41, 5.74) is 4.31. The summed E-state index contributed by atoms with van der Waals surface area (Å²) in [5, 5.41) is 8.69. The van der Waals surface area contributed by atoms with E-state index < -0.39 is 0 Å². The zero-order valence-electron chi connectivity index (χ0n) is 16.2. The number of nitrogens with zero attached hydrogens (tertiary/aromatic N) is 2. The van der Waals surface area contributed by atoms with Crippen molar-refractivity contribution in [2.24, 2.45) is 0 Å². The number of anilines is 2. The minimum atomic E-state index is -0.228. The molecular formula is C23H21FN6. The van der Waals surface area contributed by atoms with Crippen LogP contribution in [0.2, 0.25) is 0 Å². The molecule has 30 heavy (non-hydrogen) atoms. The van der Waals surface area contributed by atoms with Crippen molar-refractivity contribution < 1.29 is 4.39 Å². The lowest BCUT2D eigenvalue weighted by Crippen LogP contribution is -2.09. The molecule has 0 atom stereocenters. The van der Waals surface area contributed by atoms with Crippen LogP contribution < -0.4 is 10.6 Å². The van der Waals surface area contributed by atoms with E-state index in [1.165, 1.54) is 17.0 Å². The summed E-state index contributed by atoms with van der Waals surface area (Å²) < 4.78 is 13.5. The van der Waals surface area contributed by atoms with Crippen LogP contribution in [-0.4, -0.2) is 26.5 Å². The second kappa shape index (κ2) is 7.87. The molecule has 0 radical (unpaired) electrons. The van der Waals surface area contributed by atoms with Crippen LogP contribution in [0.25, 0.3) is 21.8 Å². The molecule has 4 N–H and O–H groups in total. The van der Waals surface area contributed by atoms with Gasteiger partial charge >= 0.3 is 0 Å². The molecule has 0 spiro atoms. The fourth-order valence-corrected chi connectivity index (χ4v) is 3.61. The van der Waals surface area contributed by atoms with E-state index in [4.69, 9.17) is 0 Å². The zero-order chi connectivity index (χ0) is 20.3. The predicted molar refractivity (Wildman–Crippen MR) is 118 cm³/mol.